The minimum Gasteiger partial charge on any atom is -0.385 e. The number of ether oxygens (including phenoxy) is 1. The first-order chi connectivity index (χ1) is 6.20. The van der Waals surface area contributed by atoms with Crippen molar-refractivity contribution in [2.45, 2.75) is 32.7 Å². The van der Waals surface area contributed by atoms with E-state index in [1.165, 1.54) is 0 Å². The summed E-state index contributed by atoms with van der Waals surface area (Å²) in [7, 11) is 1.70. The lowest BCUT2D eigenvalue weighted by Crippen LogP contribution is -2.40. The maximum atomic E-state index is 5.08. The Labute approximate surface area is 86.2 Å². The van der Waals surface area contributed by atoms with E-state index in [1.807, 2.05) is 0 Å². The zero-order valence-corrected chi connectivity index (χ0v) is 9.54. The molecule has 0 amide bonds. The molecule has 0 heterocycles. The molecule has 0 bridgehead atoms. The molecule has 0 fully saturated rings. The Kier molecular flexibility index (Phi) is 8.04. The Balaban J connectivity index is 3.30. The molecule has 1 atom stereocenters. The van der Waals surface area contributed by atoms with Crippen molar-refractivity contribution in [2.75, 3.05) is 20.3 Å². The fourth-order valence-electron chi connectivity index (χ4n) is 0.795. The second-order valence-electron chi connectivity index (χ2n) is 3.06. The van der Waals surface area contributed by atoms with E-state index in [9.17, 15) is 0 Å². The van der Waals surface area contributed by atoms with Crippen LogP contribution in [0, 0.1) is 0 Å². The Morgan fingerprint density at radius 2 is 2.23 bits per heavy atom. The van der Waals surface area contributed by atoms with E-state index >= 15 is 0 Å². The lowest BCUT2D eigenvalue weighted by molar-refractivity contribution is 0.195. The second kappa shape index (κ2) is 8.26. The first kappa shape index (κ1) is 12.7. The molecule has 0 aliphatic rings. The van der Waals surface area contributed by atoms with Crippen molar-refractivity contribution in [3.63, 3.8) is 0 Å². The minimum absolute atomic E-state index is 0.447. The van der Waals surface area contributed by atoms with Crippen LogP contribution in [-0.2, 0) is 4.74 Å². The van der Waals surface area contributed by atoms with Crippen LogP contribution < -0.4 is 10.6 Å². The molecule has 4 heteroatoms. The van der Waals surface area contributed by atoms with Crippen LogP contribution >= 0.6 is 12.2 Å². The van der Waals surface area contributed by atoms with Crippen LogP contribution in [0.1, 0.15) is 26.7 Å². The van der Waals surface area contributed by atoms with Crippen LogP contribution in [0.3, 0.4) is 0 Å². The normalized spacial score (nSPS) is 12.2. The minimum atomic E-state index is 0.447. The molecule has 0 unspecified atom stereocenters. The quantitative estimate of drug-likeness (QED) is 0.504. The maximum absolute atomic E-state index is 5.08. The summed E-state index contributed by atoms with van der Waals surface area (Å²) in [6.45, 7) is 5.89. The van der Waals surface area contributed by atoms with E-state index in [0.29, 0.717) is 6.04 Å². The van der Waals surface area contributed by atoms with Crippen LogP contribution in [0.2, 0.25) is 0 Å². The predicted molar refractivity (Wildman–Crippen MR) is 60.0 cm³/mol. The van der Waals surface area contributed by atoms with Gasteiger partial charge < -0.3 is 15.4 Å². The van der Waals surface area contributed by atoms with Crippen molar-refractivity contribution in [3.8, 4) is 0 Å². The summed E-state index contributed by atoms with van der Waals surface area (Å²) >= 11 is 5.08. The van der Waals surface area contributed by atoms with E-state index < -0.39 is 0 Å². The van der Waals surface area contributed by atoms with Crippen LogP contribution in [0.5, 0.6) is 0 Å². The molecular weight excluding hydrogens is 184 g/mol. The number of hydrogen-bond acceptors (Lipinski definition) is 2. The molecule has 2 N–H and O–H groups in total. The van der Waals surface area contributed by atoms with Gasteiger partial charge >= 0.3 is 0 Å². The molecule has 0 aliphatic heterocycles. The van der Waals surface area contributed by atoms with Gasteiger partial charge in [-0.3, -0.25) is 0 Å². The summed E-state index contributed by atoms with van der Waals surface area (Å²) in [5, 5.41) is 7.05. The SMILES string of the molecule is CC[C@H](C)NC(=S)NCCCOC. The predicted octanol–water partition coefficient (Wildman–Crippen LogP) is 1.29. The Bertz CT molecular complexity index is 142. The molecule has 0 aromatic carbocycles. The van der Waals surface area contributed by atoms with Crippen LogP contribution in [-0.4, -0.2) is 31.4 Å². The van der Waals surface area contributed by atoms with Crippen LogP contribution in [0.15, 0.2) is 0 Å². The summed E-state index contributed by atoms with van der Waals surface area (Å²) in [4.78, 5) is 0. The van der Waals surface area contributed by atoms with Gasteiger partial charge in [0, 0.05) is 26.3 Å². The van der Waals surface area contributed by atoms with Gasteiger partial charge in [-0.05, 0) is 32.0 Å². The molecule has 78 valence electrons. The van der Waals surface area contributed by atoms with Crippen molar-refractivity contribution >= 4 is 17.3 Å². The van der Waals surface area contributed by atoms with Crippen molar-refractivity contribution in [2.24, 2.45) is 0 Å². The van der Waals surface area contributed by atoms with Crippen LogP contribution in [0.25, 0.3) is 0 Å². The van der Waals surface area contributed by atoms with E-state index in [2.05, 4.69) is 24.5 Å². The molecule has 0 saturated carbocycles. The number of hydrogen-bond donors (Lipinski definition) is 2. The molecule has 0 aromatic heterocycles. The molecule has 0 radical (unpaired) electrons. The summed E-state index contributed by atoms with van der Waals surface area (Å²) in [6, 6.07) is 0.447. The third-order valence-electron chi connectivity index (χ3n) is 1.80. The number of rotatable bonds is 6. The van der Waals surface area contributed by atoms with Gasteiger partial charge in [-0.15, -0.1) is 0 Å². The smallest absolute Gasteiger partial charge is 0.166 e. The molecule has 0 spiro atoms. The highest BCUT2D eigenvalue weighted by Gasteiger charge is 1.99. The summed E-state index contributed by atoms with van der Waals surface area (Å²) in [6.07, 6.45) is 2.07. The highest BCUT2D eigenvalue weighted by Crippen LogP contribution is 1.87. The lowest BCUT2D eigenvalue weighted by atomic mass is 10.3. The largest absolute Gasteiger partial charge is 0.385 e. The number of nitrogens with one attached hydrogen (secondary N) is 2. The third kappa shape index (κ3) is 7.99. The van der Waals surface area contributed by atoms with E-state index in [1.54, 1.807) is 7.11 Å². The zero-order valence-electron chi connectivity index (χ0n) is 8.72. The highest BCUT2D eigenvalue weighted by molar-refractivity contribution is 7.80. The van der Waals surface area contributed by atoms with Gasteiger partial charge in [0.15, 0.2) is 5.11 Å². The van der Waals surface area contributed by atoms with Crippen LogP contribution in [0.4, 0.5) is 0 Å². The van der Waals surface area contributed by atoms with Gasteiger partial charge in [0.25, 0.3) is 0 Å². The Hall–Kier alpha value is -0.350. The fraction of sp³-hybridized carbons (Fsp3) is 0.889. The van der Waals surface area contributed by atoms with Gasteiger partial charge in [0.1, 0.15) is 0 Å². The maximum Gasteiger partial charge on any atom is 0.166 e. The van der Waals surface area contributed by atoms with Gasteiger partial charge in [0.05, 0.1) is 0 Å². The molecule has 3 nitrogen and oxygen atoms in total. The van der Waals surface area contributed by atoms with Gasteiger partial charge in [-0.2, -0.15) is 0 Å². The zero-order chi connectivity index (χ0) is 10.1. The van der Waals surface area contributed by atoms with Gasteiger partial charge in [-0.25, -0.2) is 0 Å². The molecular formula is C9H20N2OS. The van der Waals surface area contributed by atoms with E-state index in [-0.39, 0.29) is 0 Å². The summed E-state index contributed by atoms with van der Waals surface area (Å²) < 4.78 is 4.92. The molecule has 0 rings (SSSR count). The van der Waals surface area contributed by atoms with Crippen molar-refractivity contribution < 1.29 is 4.74 Å². The van der Waals surface area contributed by atoms with E-state index in [4.69, 9.17) is 17.0 Å². The highest BCUT2D eigenvalue weighted by atomic mass is 32.1. The first-order valence-electron chi connectivity index (χ1n) is 4.74. The standard InChI is InChI=1S/C9H20N2OS/c1-4-8(2)11-9(13)10-6-5-7-12-3/h8H,4-7H2,1-3H3,(H2,10,11,13)/t8-/m0/s1. The lowest BCUT2D eigenvalue weighted by Gasteiger charge is -2.14. The Morgan fingerprint density at radius 1 is 1.54 bits per heavy atom. The fourth-order valence-corrected chi connectivity index (χ4v) is 1.10. The number of methoxy groups -OCH3 is 1. The topological polar surface area (TPSA) is 33.3 Å². The first-order valence-corrected chi connectivity index (χ1v) is 5.14. The van der Waals surface area contributed by atoms with Gasteiger partial charge in [0.2, 0.25) is 0 Å². The number of thiocarbonyl (C=S) groups is 1. The monoisotopic (exact) mass is 204 g/mol. The molecule has 0 aliphatic carbocycles. The van der Waals surface area contributed by atoms with E-state index in [0.717, 1.165) is 31.1 Å². The molecule has 0 saturated heterocycles. The van der Waals surface area contributed by atoms with Gasteiger partial charge in [-0.1, -0.05) is 6.92 Å². The van der Waals surface area contributed by atoms with Crippen molar-refractivity contribution in [1.82, 2.24) is 10.6 Å². The average Bonchev–Trinajstić information content (AvgIpc) is 2.12. The summed E-state index contributed by atoms with van der Waals surface area (Å²) in [5.41, 5.74) is 0. The summed E-state index contributed by atoms with van der Waals surface area (Å²) in [5.74, 6) is 0. The second-order valence-corrected chi connectivity index (χ2v) is 3.46. The average molecular weight is 204 g/mol. The third-order valence-corrected chi connectivity index (χ3v) is 2.06. The van der Waals surface area contributed by atoms with Crippen molar-refractivity contribution in [1.29, 1.82) is 0 Å². The molecule has 13 heavy (non-hydrogen) atoms. The Morgan fingerprint density at radius 3 is 2.77 bits per heavy atom. The molecule has 0 aromatic rings. The van der Waals surface area contributed by atoms with Crippen molar-refractivity contribution in [3.05, 3.63) is 0 Å².